The maximum Gasteiger partial charge on any atom is 0.345 e. The largest absolute Gasteiger partial charge is 0.497 e. The summed E-state index contributed by atoms with van der Waals surface area (Å²) in [4.78, 5) is 24.6. The lowest BCUT2D eigenvalue weighted by Gasteiger charge is -2.33. The number of ether oxygens (including phenoxy) is 1. The van der Waals surface area contributed by atoms with E-state index in [9.17, 15) is 14.7 Å². The molecule has 0 saturated carbocycles. The molecule has 3 N–H and O–H groups in total. The van der Waals surface area contributed by atoms with Crippen molar-refractivity contribution < 1.29 is 19.4 Å². The van der Waals surface area contributed by atoms with E-state index >= 15 is 0 Å². The van der Waals surface area contributed by atoms with Gasteiger partial charge in [-0.1, -0.05) is 17.7 Å². The lowest BCUT2D eigenvalue weighted by Crippen LogP contribution is -2.54. The van der Waals surface area contributed by atoms with Gasteiger partial charge in [-0.25, -0.2) is 4.79 Å². The number of quaternary nitrogens is 1. The fourth-order valence-electron chi connectivity index (χ4n) is 4.53. The van der Waals surface area contributed by atoms with Crippen LogP contribution in [0, 0.1) is 0 Å². The number of hydrogen-bond acceptors (Lipinski definition) is 4. The van der Waals surface area contributed by atoms with E-state index in [-0.39, 0.29) is 16.1 Å². The minimum absolute atomic E-state index is 0.0192. The number of aryl methyl sites for hydroxylation is 1. The van der Waals surface area contributed by atoms with Crippen LogP contribution < -0.4 is 15.2 Å². The number of carboxylic acid groups (broad SMARTS) is 1. The van der Waals surface area contributed by atoms with Crippen molar-refractivity contribution in [3.8, 4) is 5.75 Å². The summed E-state index contributed by atoms with van der Waals surface area (Å²) < 4.78 is 5.08. The number of methoxy groups -OCH3 is 1. The summed E-state index contributed by atoms with van der Waals surface area (Å²) >= 11 is 6.71. The molecule has 0 radical (unpaired) electrons. The highest BCUT2D eigenvalue weighted by atomic mass is 35.5. The first kappa shape index (κ1) is 20.6. The van der Waals surface area contributed by atoms with Gasteiger partial charge in [0.15, 0.2) is 11.3 Å². The van der Waals surface area contributed by atoms with Gasteiger partial charge in [0.05, 0.1) is 17.7 Å². The lowest BCUT2D eigenvalue weighted by molar-refractivity contribution is -0.132. The van der Waals surface area contributed by atoms with E-state index in [0.717, 1.165) is 36.1 Å². The molecule has 0 saturated heterocycles. The molecular formula is C23H24ClN2O4+. The number of aliphatic carboxylic acids is 1. The number of Topliss-reactive ketones (excluding diaryl/α,β-unsaturated/α-hetero) is 1. The molecule has 7 heteroatoms. The van der Waals surface area contributed by atoms with Crippen molar-refractivity contribution >= 4 is 29.0 Å². The predicted octanol–water partition coefficient (Wildman–Crippen LogP) is 4.18. The Morgan fingerprint density at radius 2 is 2.07 bits per heavy atom. The fraction of sp³-hybridized carbons (Fsp3) is 0.304. The molecule has 2 aromatic rings. The molecular weight excluding hydrogens is 404 g/mol. The van der Waals surface area contributed by atoms with E-state index in [4.69, 9.17) is 22.2 Å². The lowest BCUT2D eigenvalue weighted by atomic mass is 9.78. The van der Waals surface area contributed by atoms with Gasteiger partial charge in [0.25, 0.3) is 0 Å². The topological polar surface area (TPSA) is 89.6 Å². The summed E-state index contributed by atoms with van der Waals surface area (Å²) in [6.45, 7) is 2.22. The van der Waals surface area contributed by atoms with Crippen molar-refractivity contribution in [2.75, 3.05) is 13.7 Å². The summed E-state index contributed by atoms with van der Waals surface area (Å²) in [5.74, 6) is 5.46. The summed E-state index contributed by atoms with van der Waals surface area (Å²) in [5.41, 5.74) is 3.70. The first-order chi connectivity index (χ1) is 14.3. The summed E-state index contributed by atoms with van der Waals surface area (Å²) in [5, 5.41) is 10.1. The third-order valence-corrected chi connectivity index (χ3v) is 6.53. The zero-order chi connectivity index (χ0) is 21.6. The second-order valence-corrected chi connectivity index (χ2v) is 8.23. The Balaban J connectivity index is 1.87. The van der Waals surface area contributed by atoms with E-state index in [2.05, 4.69) is 0 Å². The van der Waals surface area contributed by atoms with E-state index in [1.54, 1.807) is 19.2 Å². The van der Waals surface area contributed by atoms with Crippen molar-refractivity contribution in [3.05, 3.63) is 69.4 Å². The molecule has 0 aromatic heterocycles. The van der Waals surface area contributed by atoms with Crippen LogP contribution in [-0.4, -0.2) is 30.5 Å². The Morgan fingerprint density at radius 3 is 2.73 bits per heavy atom. The maximum absolute atomic E-state index is 13.0. The zero-order valence-corrected chi connectivity index (χ0v) is 17.7. The van der Waals surface area contributed by atoms with Crippen LogP contribution in [0.3, 0.4) is 0 Å². The van der Waals surface area contributed by atoms with Crippen LogP contribution in [0.25, 0.3) is 0 Å². The number of nitrogens with zero attached hydrogens (tertiary/aromatic N) is 1. The molecule has 2 aliphatic rings. The molecule has 156 valence electrons. The number of nitrogens with two attached hydrogens (primary N) is 1. The SMILES string of the molecule is CC[N+]1(N)C=C(C(=O)O)C(=O)c2cc(C3CCCc4cc(OC)ccc43)c(Cl)cc21. The van der Waals surface area contributed by atoms with E-state index in [1.807, 2.05) is 25.1 Å². The van der Waals surface area contributed by atoms with Gasteiger partial charge >= 0.3 is 5.97 Å². The number of fused-ring (bicyclic) bond motifs is 2. The number of benzene rings is 2. The van der Waals surface area contributed by atoms with Gasteiger partial charge in [-0.2, -0.15) is 10.4 Å². The quantitative estimate of drug-likeness (QED) is 0.434. The van der Waals surface area contributed by atoms with Gasteiger partial charge in [0, 0.05) is 12.0 Å². The summed E-state index contributed by atoms with van der Waals surface area (Å²) in [6.07, 6.45) is 4.13. The molecule has 6 nitrogen and oxygen atoms in total. The molecule has 1 aliphatic heterocycles. The highest BCUT2D eigenvalue weighted by Crippen LogP contribution is 2.44. The van der Waals surface area contributed by atoms with Gasteiger partial charge in [-0.3, -0.25) is 4.79 Å². The number of carboxylic acids is 1. The van der Waals surface area contributed by atoms with Crippen LogP contribution in [0.1, 0.15) is 52.7 Å². The third-order valence-electron chi connectivity index (χ3n) is 6.21. The maximum atomic E-state index is 13.0. The highest BCUT2D eigenvalue weighted by Gasteiger charge is 2.41. The van der Waals surface area contributed by atoms with Gasteiger partial charge in [0.1, 0.15) is 18.5 Å². The number of carbonyl (C=O) groups excluding carboxylic acids is 1. The monoisotopic (exact) mass is 427 g/mol. The van der Waals surface area contributed by atoms with Crippen LogP contribution in [0.5, 0.6) is 5.75 Å². The zero-order valence-electron chi connectivity index (χ0n) is 16.9. The number of halogens is 1. The van der Waals surface area contributed by atoms with Crippen LogP contribution in [-0.2, 0) is 11.2 Å². The first-order valence-corrected chi connectivity index (χ1v) is 10.3. The summed E-state index contributed by atoms with van der Waals surface area (Å²) in [7, 11) is 1.65. The molecule has 2 unspecified atom stereocenters. The smallest absolute Gasteiger partial charge is 0.345 e. The number of carbonyl (C=O) groups is 2. The molecule has 2 aromatic carbocycles. The van der Waals surface area contributed by atoms with Gasteiger partial charge in [-0.15, -0.1) is 0 Å². The highest BCUT2D eigenvalue weighted by molar-refractivity contribution is 6.33. The van der Waals surface area contributed by atoms with Crippen LogP contribution >= 0.6 is 11.6 Å². The van der Waals surface area contributed by atoms with Crippen molar-refractivity contribution in [2.45, 2.75) is 32.1 Å². The second-order valence-electron chi connectivity index (χ2n) is 7.82. The van der Waals surface area contributed by atoms with Crippen molar-refractivity contribution in [2.24, 2.45) is 5.84 Å². The van der Waals surface area contributed by atoms with E-state index in [0.29, 0.717) is 22.8 Å². The average molecular weight is 428 g/mol. The van der Waals surface area contributed by atoms with Crippen molar-refractivity contribution in [3.63, 3.8) is 0 Å². The molecule has 0 fully saturated rings. The number of ketones is 1. The molecule has 0 spiro atoms. The van der Waals surface area contributed by atoms with Crippen LogP contribution in [0.2, 0.25) is 5.02 Å². The van der Waals surface area contributed by atoms with Gasteiger partial charge < -0.3 is 9.84 Å². The average Bonchev–Trinajstić information content (AvgIpc) is 2.75. The number of hydrogen-bond donors (Lipinski definition) is 2. The van der Waals surface area contributed by atoms with E-state index < -0.39 is 11.8 Å². The second kappa shape index (κ2) is 7.54. The van der Waals surface area contributed by atoms with Crippen LogP contribution in [0.4, 0.5) is 5.69 Å². The third kappa shape index (κ3) is 3.21. The Hall–Kier alpha value is -2.67. The number of rotatable bonds is 4. The Labute approximate surface area is 180 Å². The first-order valence-electron chi connectivity index (χ1n) is 9.97. The minimum atomic E-state index is -1.28. The molecule has 1 aliphatic carbocycles. The Morgan fingerprint density at radius 1 is 1.30 bits per heavy atom. The van der Waals surface area contributed by atoms with Crippen LogP contribution in [0.15, 0.2) is 42.1 Å². The van der Waals surface area contributed by atoms with Crippen molar-refractivity contribution in [1.82, 2.24) is 4.59 Å². The fourth-order valence-corrected chi connectivity index (χ4v) is 4.82. The molecule has 0 amide bonds. The molecule has 0 bridgehead atoms. The Kier molecular flexibility index (Phi) is 5.18. The van der Waals surface area contributed by atoms with E-state index in [1.165, 1.54) is 11.8 Å². The standard InChI is InChI=1S/C23H23ClN2O4/c1-3-26(25)12-19(23(28)29)22(27)18-10-17(20(24)11-21(18)26)16-6-4-5-13-9-14(30-2)7-8-15(13)16/h7-12,16H,3-6,25H2,1-2H3/p+1. The predicted molar refractivity (Wildman–Crippen MR) is 116 cm³/mol. The normalized spacial score (nSPS) is 22.7. The van der Waals surface area contributed by atoms with Gasteiger partial charge in [-0.05, 0) is 61.1 Å². The molecule has 4 rings (SSSR count). The summed E-state index contributed by atoms with van der Waals surface area (Å²) in [6, 6.07) is 9.49. The molecule has 1 heterocycles. The molecule has 30 heavy (non-hydrogen) atoms. The molecule has 2 atom stereocenters. The minimum Gasteiger partial charge on any atom is -0.497 e. The van der Waals surface area contributed by atoms with Crippen molar-refractivity contribution in [1.29, 1.82) is 0 Å². The van der Waals surface area contributed by atoms with Gasteiger partial charge in [0.2, 0.25) is 5.78 Å². The Bertz CT molecular complexity index is 1090.